The minimum absolute atomic E-state index is 0.254. The maximum absolute atomic E-state index is 11.4. The van der Waals surface area contributed by atoms with Crippen molar-refractivity contribution >= 4 is 27.9 Å². The number of alkyl halides is 1. The Labute approximate surface area is 96.6 Å². The van der Waals surface area contributed by atoms with Gasteiger partial charge in [0.2, 0.25) is 0 Å². The molecule has 4 heteroatoms. The van der Waals surface area contributed by atoms with Gasteiger partial charge in [-0.3, -0.25) is 4.79 Å². The van der Waals surface area contributed by atoms with E-state index in [0.717, 1.165) is 5.33 Å². The monoisotopic (exact) mass is 270 g/mol. The van der Waals surface area contributed by atoms with E-state index in [1.54, 1.807) is 30.3 Å². The molecule has 0 spiro atoms. The van der Waals surface area contributed by atoms with Gasteiger partial charge in [-0.15, -0.1) is 0 Å². The van der Waals surface area contributed by atoms with E-state index in [-0.39, 0.29) is 6.42 Å². The maximum atomic E-state index is 11.4. The zero-order chi connectivity index (χ0) is 11.1. The summed E-state index contributed by atoms with van der Waals surface area (Å²) in [6.45, 7) is 0. The van der Waals surface area contributed by atoms with Gasteiger partial charge in [0.15, 0.2) is 0 Å². The molecule has 80 valence electrons. The number of esters is 2. The fraction of sp³-hybridized carbons (Fsp3) is 0.273. The average Bonchev–Trinajstić information content (AvgIpc) is 2.27. The van der Waals surface area contributed by atoms with Crippen LogP contribution in [-0.4, -0.2) is 17.3 Å². The molecular weight excluding hydrogens is 260 g/mol. The fourth-order valence-electron chi connectivity index (χ4n) is 0.999. The fourth-order valence-corrected chi connectivity index (χ4v) is 1.28. The molecule has 0 aliphatic rings. The zero-order valence-electron chi connectivity index (χ0n) is 8.11. The Balaban J connectivity index is 2.46. The summed E-state index contributed by atoms with van der Waals surface area (Å²) in [7, 11) is 0. The highest BCUT2D eigenvalue weighted by atomic mass is 79.9. The standard InChI is InChI=1S/C11H11BrO3/c12-8-4-7-10(13)15-11(14)9-5-2-1-3-6-9/h1-3,5-6H,4,7-8H2. The highest BCUT2D eigenvalue weighted by Gasteiger charge is 2.11. The van der Waals surface area contributed by atoms with Crippen molar-refractivity contribution in [2.75, 3.05) is 5.33 Å². The van der Waals surface area contributed by atoms with Gasteiger partial charge in [0.1, 0.15) is 0 Å². The number of benzene rings is 1. The lowest BCUT2D eigenvalue weighted by molar-refractivity contribution is -0.137. The molecule has 0 saturated carbocycles. The van der Waals surface area contributed by atoms with Crippen LogP contribution in [0, 0.1) is 0 Å². The quantitative estimate of drug-likeness (QED) is 0.480. The summed E-state index contributed by atoms with van der Waals surface area (Å²) in [6.07, 6.45) is 0.921. The van der Waals surface area contributed by atoms with Crippen LogP contribution in [0.3, 0.4) is 0 Å². The lowest BCUT2D eigenvalue weighted by Crippen LogP contribution is -2.12. The number of ether oxygens (including phenoxy) is 1. The number of carbonyl (C=O) groups excluding carboxylic acids is 2. The molecule has 1 aromatic carbocycles. The van der Waals surface area contributed by atoms with Crippen molar-refractivity contribution in [3.8, 4) is 0 Å². The Kier molecular flexibility index (Phi) is 5.04. The molecule has 0 aliphatic heterocycles. The van der Waals surface area contributed by atoms with Crippen LogP contribution < -0.4 is 0 Å². The van der Waals surface area contributed by atoms with Crippen molar-refractivity contribution < 1.29 is 14.3 Å². The SMILES string of the molecule is O=C(CCCBr)OC(=O)c1ccccc1. The Morgan fingerprint density at radius 1 is 1.20 bits per heavy atom. The Bertz CT molecular complexity index is 335. The van der Waals surface area contributed by atoms with E-state index in [1.165, 1.54) is 0 Å². The first kappa shape index (κ1) is 11.9. The third-order valence-corrected chi connectivity index (χ3v) is 2.29. The molecule has 0 unspecified atom stereocenters. The summed E-state index contributed by atoms with van der Waals surface area (Å²) in [4.78, 5) is 22.5. The predicted molar refractivity (Wildman–Crippen MR) is 59.9 cm³/mol. The van der Waals surface area contributed by atoms with E-state index in [2.05, 4.69) is 20.7 Å². The summed E-state index contributed by atoms with van der Waals surface area (Å²) in [5, 5.41) is 0.724. The molecule has 3 nitrogen and oxygen atoms in total. The molecule has 0 radical (unpaired) electrons. The van der Waals surface area contributed by atoms with Gasteiger partial charge in [-0.2, -0.15) is 0 Å². The molecule has 1 aromatic rings. The van der Waals surface area contributed by atoms with Gasteiger partial charge >= 0.3 is 11.9 Å². The summed E-state index contributed by atoms with van der Waals surface area (Å²) >= 11 is 3.20. The van der Waals surface area contributed by atoms with Gasteiger partial charge < -0.3 is 4.74 Å². The first-order valence-corrected chi connectivity index (χ1v) is 5.72. The van der Waals surface area contributed by atoms with Crippen molar-refractivity contribution in [1.29, 1.82) is 0 Å². The second kappa shape index (κ2) is 6.35. The van der Waals surface area contributed by atoms with E-state index in [0.29, 0.717) is 12.0 Å². The lowest BCUT2D eigenvalue weighted by atomic mass is 10.2. The number of hydrogen-bond donors (Lipinski definition) is 0. The van der Waals surface area contributed by atoms with Crippen molar-refractivity contribution in [3.05, 3.63) is 35.9 Å². The molecule has 0 saturated heterocycles. The number of rotatable bonds is 4. The third kappa shape index (κ3) is 4.25. The van der Waals surface area contributed by atoms with E-state index in [4.69, 9.17) is 0 Å². The zero-order valence-corrected chi connectivity index (χ0v) is 9.70. The third-order valence-electron chi connectivity index (χ3n) is 1.73. The van der Waals surface area contributed by atoms with Gasteiger partial charge in [-0.25, -0.2) is 4.79 Å². The smallest absolute Gasteiger partial charge is 0.345 e. The van der Waals surface area contributed by atoms with Crippen molar-refractivity contribution in [1.82, 2.24) is 0 Å². The number of carbonyl (C=O) groups is 2. The maximum Gasteiger partial charge on any atom is 0.345 e. The minimum atomic E-state index is -0.588. The first-order chi connectivity index (χ1) is 7.24. The van der Waals surface area contributed by atoms with Crippen molar-refractivity contribution in [2.45, 2.75) is 12.8 Å². The second-order valence-corrected chi connectivity index (χ2v) is 3.71. The van der Waals surface area contributed by atoms with Crippen LogP contribution in [0.5, 0.6) is 0 Å². The van der Waals surface area contributed by atoms with Gasteiger partial charge in [-0.05, 0) is 18.6 Å². The Morgan fingerprint density at radius 3 is 2.47 bits per heavy atom. The Hall–Kier alpha value is -1.16. The molecule has 0 atom stereocenters. The van der Waals surface area contributed by atoms with Crippen LogP contribution in [-0.2, 0) is 9.53 Å². The van der Waals surface area contributed by atoms with E-state index >= 15 is 0 Å². The first-order valence-electron chi connectivity index (χ1n) is 4.60. The molecule has 0 aliphatic carbocycles. The topological polar surface area (TPSA) is 43.4 Å². The van der Waals surface area contributed by atoms with Crippen molar-refractivity contribution in [2.24, 2.45) is 0 Å². The van der Waals surface area contributed by atoms with E-state index in [9.17, 15) is 9.59 Å². The van der Waals surface area contributed by atoms with Gasteiger partial charge in [0.25, 0.3) is 0 Å². The highest BCUT2D eigenvalue weighted by Crippen LogP contribution is 2.03. The van der Waals surface area contributed by atoms with Crippen LogP contribution in [0.15, 0.2) is 30.3 Å². The molecule has 0 N–H and O–H groups in total. The molecule has 1 rings (SSSR count). The highest BCUT2D eigenvalue weighted by molar-refractivity contribution is 9.09. The second-order valence-electron chi connectivity index (χ2n) is 2.92. The molecule has 0 aromatic heterocycles. The Morgan fingerprint density at radius 2 is 1.87 bits per heavy atom. The average molecular weight is 271 g/mol. The van der Waals surface area contributed by atoms with Gasteiger partial charge in [0, 0.05) is 11.8 Å². The van der Waals surface area contributed by atoms with E-state index in [1.807, 2.05) is 0 Å². The van der Waals surface area contributed by atoms with Crippen LogP contribution >= 0.6 is 15.9 Å². The summed E-state index contributed by atoms with van der Waals surface area (Å²) in [6, 6.07) is 8.46. The molecule has 15 heavy (non-hydrogen) atoms. The van der Waals surface area contributed by atoms with E-state index < -0.39 is 11.9 Å². The molecular formula is C11H11BrO3. The van der Waals surface area contributed by atoms with Gasteiger partial charge in [-0.1, -0.05) is 34.1 Å². The lowest BCUT2D eigenvalue weighted by Gasteiger charge is -2.01. The van der Waals surface area contributed by atoms with Gasteiger partial charge in [0.05, 0.1) is 5.56 Å². The molecule has 0 fully saturated rings. The molecule has 0 bridgehead atoms. The van der Waals surface area contributed by atoms with Crippen LogP contribution in [0.1, 0.15) is 23.2 Å². The number of hydrogen-bond acceptors (Lipinski definition) is 3. The largest absolute Gasteiger partial charge is 0.389 e. The molecule has 0 heterocycles. The van der Waals surface area contributed by atoms with Crippen LogP contribution in [0.4, 0.5) is 0 Å². The summed E-state index contributed by atoms with van der Waals surface area (Å²) < 4.78 is 4.64. The molecule has 0 amide bonds. The minimum Gasteiger partial charge on any atom is -0.389 e. The van der Waals surface area contributed by atoms with Crippen LogP contribution in [0.25, 0.3) is 0 Å². The normalized spacial score (nSPS) is 9.67. The number of halogens is 1. The summed E-state index contributed by atoms with van der Waals surface area (Å²) in [5.74, 6) is -1.07. The predicted octanol–water partition coefficient (Wildman–Crippen LogP) is 2.55. The van der Waals surface area contributed by atoms with Crippen LogP contribution in [0.2, 0.25) is 0 Å². The van der Waals surface area contributed by atoms with Crippen molar-refractivity contribution in [3.63, 3.8) is 0 Å². The summed E-state index contributed by atoms with van der Waals surface area (Å²) in [5.41, 5.74) is 0.393.